The van der Waals surface area contributed by atoms with Crippen molar-refractivity contribution in [3.05, 3.63) is 83.6 Å². The SMILES string of the molecule is C1=CC2Nc3cc(-c4ccc5[nH]c6c(c5c4)C=CCC6)ccc3C2C=C1. The van der Waals surface area contributed by atoms with Crippen LogP contribution in [0.15, 0.2) is 66.8 Å². The van der Waals surface area contributed by atoms with Gasteiger partial charge in [0.05, 0.1) is 6.04 Å². The number of rotatable bonds is 1. The highest BCUT2D eigenvalue weighted by Crippen LogP contribution is 2.41. The lowest BCUT2D eigenvalue weighted by atomic mass is 9.90. The number of benzene rings is 2. The van der Waals surface area contributed by atoms with E-state index in [0.29, 0.717) is 12.0 Å². The molecule has 26 heavy (non-hydrogen) atoms. The number of hydrogen-bond donors (Lipinski definition) is 2. The van der Waals surface area contributed by atoms with Crippen LogP contribution in [0, 0.1) is 0 Å². The molecule has 0 bridgehead atoms. The first-order chi connectivity index (χ1) is 12.9. The molecule has 0 saturated heterocycles. The number of hydrogen-bond acceptors (Lipinski definition) is 1. The molecule has 2 N–H and O–H groups in total. The highest BCUT2D eigenvalue weighted by atomic mass is 15.0. The van der Waals surface area contributed by atoms with Gasteiger partial charge < -0.3 is 10.3 Å². The van der Waals surface area contributed by atoms with Crippen molar-refractivity contribution in [2.75, 3.05) is 5.32 Å². The topological polar surface area (TPSA) is 27.8 Å². The van der Waals surface area contributed by atoms with Gasteiger partial charge in [-0.3, -0.25) is 0 Å². The quantitative estimate of drug-likeness (QED) is 0.577. The minimum Gasteiger partial charge on any atom is -0.378 e. The summed E-state index contributed by atoms with van der Waals surface area (Å²) in [6, 6.07) is 14.1. The summed E-state index contributed by atoms with van der Waals surface area (Å²) in [5.41, 5.74) is 9.22. The third-order valence-corrected chi connectivity index (χ3v) is 5.97. The molecule has 3 aliphatic rings. The fraction of sp³-hybridized carbons (Fsp3) is 0.167. The Bertz CT molecular complexity index is 1130. The summed E-state index contributed by atoms with van der Waals surface area (Å²) >= 11 is 0. The summed E-state index contributed by atoms with van der Waals surface area (Å²) in [5.74, 6) is 0.466. The van der Waals surface area contributed by atoms with E-state index in [4.69, 9.17) is 0 Å². The van der Waals surface area contributed by atoms with Crippen LogP contribution < -0.4 is 5.32 Å². The molecule has 1 aliphatic heterocycles. The van der Waals surface area contributed by atoms with Crippen LogP contribution in [0.25, 0.3) is 28.1 Å². The number of aryl methyl sites for hydroxylation is 1. The highest BCUT2D eigenvalue weighted by Gasteiger charge is 2.29. The molecule has 0 amide bonds. The molecule has 2 atom stereocenters. The van der Waals surface area contributed by atoms with E-state index in [9.17, 15) is 0 Å². The van der Waals surface area contributed by atoms with Gasteiger partial charge in [0.1, 0.15) is 0 Å². The summed E-state index contributed by atoms with van der Waals surface area (Å²) in [5, 5.41) is 5.01. The first-order valence-corrected chi connectivity index (χ1v) is 9.44. The van der Waals surface area contributed by atoms with Gasteiger partial charge in [0.2, 0.25) is 0 Å². The van der Waals surface area contributed by atoms with Gasteiger partial charge >= 0.3 is 0 Å². The number of aromatic nitrogens is 1. The van der Waals surface area contributed by atoms with E-state index in [0.717, 1.165) is 12.8 Å². The zero-order valence-electron chi connectivity index (χ0n) is 14.5. The molecule has 3 aromatic rings. The average molecular weight is 336 g/mol. The van der Waals surface area contributed by atoms with Crippen LogP contribution in [-0.2, 0) is 6.42 Å². The van der Waals surface area contributed by atoms with Crippen LogP contribution in [0.2, 0.25) is 0 Å². The zero-order chi connectivity index (χ0) is 17.1. The van der Waals surface area contributed by atoms with Gasteiger partial charge in [-0.15, -0.1) is 0 Å². The summed E-state index contributed by atoms with van der Waals surface area (Å²) in [6.07, 6.45) is 15.7. The van der Waals surface area contributed by atoms with Crippen molar-refractivity contribution >= 4 is 22.7 Å². The van der Waals surface area contributed by atoms with Crippen molar-refractivity contribution in [3.63, 3.8) is 0 Å². The molecule has 0 saturated carbocycles. The minimum absolute atomic E-state index is 0.398. The van der Waals surface area contributed by atoms with Crippen molar-refractivity contribution in [1.29, 1.82) is 0 Å². The van der Waals surface area contributed by atoms with Crippen molar-refractivity contribution in [1.82, 2.24) is 4.98 Å². The maximum atomic E-state index is 3.67. The van der Waals surface area contributed by atoms with Crippen molar-refractivity contribution in [3.8, 4) is 11.1 Å². The Morgan fingerprint density at radius 2 is 1.81 bits per heavy atom. The first kappa shape index (κ1) is 14.2. The van der Waals surface area contributed by atoms with Gasteiger partial charge in [-0.1, -0.05) is 54.7 Å². The second-order valence-corrected chi connectivity index (χ2v) is 7.49. The van der Waals surface area contributed by atoms with E-state index in [2.05, 4.69) is 83.2 Å². The van der Waals surface area contributed by atoms with E-state index < -0.39 is 0 Å². The monoisotopic (exact) mass is 336 g/mol. The lowest BCUT2D eigenvalue weighted by Gasteiger charge is -2.15. The summed E-state index contributed by atoms with van der Waals surface area (Å²) in [6.45, 7) is 0. The van der Waals surface area contributed by atoms with Crippen LogP contribution in [0.5, 0.6) is 0 Å². The molecule has 0 spiro atoms. The molecule has 126 valence electrons. The van der Waals surface area contributed by atoms with E-state index in [1.807, 2.05) is 0 Å². The van der Waals surface area contributed by atoms with Gasteiger partial charge in [0, 0.05) is 33.8 Å². The number of anilines is 1. The molecule has 2 nitrogen and oxygen atoms in total. The third-order valence-electron chi connectivity index (χ3n) is 5.97. The summed E-state index contributed by atoms with van der Waals surface area (Å²) in [4.78, 5) is 3.59. The van der Waals surface area contributed by atoms with Crippen LogP contribution in [0.3, 0.4) is 0 Å². The molecular weight excluding hydrogens is 316 g/mol. The lowest BCUT2D eigenvalue weighted by molar-refractivity contribution is 0.805. The minimum atomic E-state index is 0.398. The Kier molecular flexibility index (Phi) is 2.87. The van der Waals surface area contributed by atoms with Gasteiger partial charge in [-0.25, -0.2) is 0 Å². The molecule has 2 aromatic carbocycles. The fourth-order valence-electron chi connectivity index (χ4n) is 4.64. The second-order valence-electron chi connectivity index (χ2n) is 7.49. The summed E-state index contributed by atoms with van der Waals surface area (Å²) in [7, 11) is 0. The van der Waals surface area contributed by atoms with Gasteiger partial charge in [0.25, 0.3) is 0 Å². The Balaban J connectivity index is 1.45. The van der Waals surface area contributed by atoms with Gasteiger partial charge in [-0.05, 0) is 47.7 Å². The molecule has 2 aliphatic carbocycles. The zero-order valence-corrected chi connectivity index (χ0v) is 14.5. The maximum absolute atomic E-state index is 3.67. The number of allylic oxidation sites excluding steroid dienone is 3. The molecule has 2 unspecified atom stereocenters. The van der Waals surface area contributed by atoms with Gasteiger partial charge in [-0.2, -0.15) is 0 Å². The van der Waals surface area contributed by atoms with E-state index >= 15 is 0 Å². The Morgan fingerprint density at radius 3 is 2.81 bits per heavy atom. The predicted octanol–water partition coefficient (Wildman–Crippen LogP) is 5.80. The van der Waals surface area contributed by atoms with Gasteiger partial charge in [0.15, 0.2) is 0 Å². The molecule has 2 heterocycles. The molecule has 2 heteroatoms. The average Bonchev–Trinajstić information content (AvgIpc) is 3.25. The Hall–Kier alpha value is -3.00. The van der Waals surface area contributed by atoms with Crippen LogP contribution in [0.4, 0.5) is 5.69 Å². The molecular formula is C24H20N2. The van der Waals surface area contributed by atoms with Crippen molar-refractivity contribution in [2.45, 2.75) is 24.8 Å². The smallest absolute Gasteiger partial charge is 0.0551 e. The Morgan fingerprint density at radius 1 is 0.923 bits per heavy atom. The molecule has 0 radical (unpaired) electrons. The summed E-state index contributed by atoms with van der Waals surface area (Å²) < 4.78 is 0. The predicted molar refractivity (Wildman–Crippen MR) is 110 cm³/mol. The first-order valence-electron chi connectivity index (χ1n) is 9.44. The number of H-pyrrole nitrogens is 1. The fourth-order valence-corrected chi connectivity index (χ4v) is 4.64. The standard InChI is InChI=1S/C24H20N2/c1-3-7-21-17(5-1)19-11-9-16(14-24(19)26-21)15-10-12-23-20(13-15)18-6-2-4-8-22(18)25-23/h1-3,5-7,9-14,17,21,25-26H,4,8H2. The van der Waals surface area contributed by atoms with Crippen LogP contribution in [0.1, 0.15) is 29.2 Å². The number of nitrogens with one attached hydrogen (secondary N) is 2. The largest absolute Gasteiger partial charge is 0.378 e. The molecule has 1 aromatic heterocycles. The van der Waals surface area contributed by atoms with Crippen LogP contribution in [-0.4, -0.2) is 11.0 Å². The number of fused-ring (bicyclic) bond motifs is 6. The number of aromatic amines is 1. The van der Waals surface area contributed by atoms with Crippen molar-refractivity contribution < 1.29 is 0 Å². The van der Waals surface area contributed by atoms with E-state index in [-0.39, 0.29) is 0 Å². The second kappa shape index (κ2) is 5.25. The molecule has 0 fully saturated rings. The van der Waals surface area contributed by atoms with E-state index in [1.54, 1.807) is 0 Å². The lowest BCUT2D eigenvalue weighted by Crippen LogP contribution is -2.17. The molecule has 6 rings (SSSR count). The highest BCUT2D eigenvalue weighted by molar-refractivity contribution is 5.94. The Labute approximate surface area is 152 Å². The van der Waals surface area contributed by atoms with Crippen molar-refractivity contribution in [2.24, 2.45) is 0 Å². The van der Waals surface area contributed by atoms with Crippen LogP contribution >= 0.6 is 0 Å². The normalized spacial score (nSPS) is 22.2. The maximum Gasteiger partial charge on any atom is 0.0551 e. The van der Waals surface area contributed by atoms with E-state index in [1.165, 1.54) is 44.5 Å². The third kappa shape index (κ3) is 1.99.